The minimum atomic E-state index is -0.479. The zero-order valence-corrected chi connectivity index (χ0v) is 16.0. The number of hydrogen-bond donors (Lipinski definition) is 1. The molecule has 0 aliphatic carbocycles. The van der Waals surface area contributed by atoms with Crippen LogP contribution >= 0.6 is 22.6 Å². The summed E-state index contributed by atoms with van der Waals surface area (Å²) in [5.41, 5.74) is 0.253. The lowest BCUT2D eigenvalue weighted by Gasteiger charge is -2.32. The van der Waals surface area contributed by atoms with Gasteiger partial charge in [0.1, 0.15) is 11.4 Å². The summed E-state index contributed by atoms with van der Waals surface area (Å²) in [7, 11) is 0. The first kappa shape index (κ1) is 18.4. The molecular weight excluding hydrogens is 410 g/mol. The van der Waals surface area contributed by atoms with Gasteiger partial charge in [-0.15, -0.1) is 0 Å². The van der Waals surface area contributed by atoms with Crippen molar-refractivity contribution in [2.75, 3.05) is 13.1 Å². The van der Waals surface area contributed by atoms with E-state index in [9.17, 15) is 9.18 Å². The van der Waals surface area contributed by atoms with Gasteiger partial charge < -0.3 is 10.1 Å². The minimum Gasteiger partial charge on any atom is -0.444 e. The van der Waals surface area contributed by atoms with E-state index in [1.165, 1.54) is 6.07 Å². The summed E-state index contributed by atoms with van der Waals surface area (Å²) >= 11 is 2.20. The minimum absolute atomic E-state index is 0.127. The van der Waals surface area contributed by atoms with E-state index in [-0.39, 0.29) is 18.0 Å². The summed E-state index contributed by atoms with van der Waals surface area (Å²) in [5.74, 6) is -0.153. The second kappa shape index (κ2) is 7.79. The van der Waals surface area contributed by atoms with E-state index in [0.717, 1.165) is 35.1 Å². The van der Waals surface area contributed by atoms with Gasteiger partial charge in [-0.05, 0) is 74.4 Å². The zero-order chi connectivity index (χ0) is 17.0. The van der Waals surface area contributed by atoms with E-state index in [4.69, 9.17) is 4.74 Å². The van der Waals surface area contributed by atoms with Gasteiger partial charge in [-0.2, -0.15) is 0 Å². The van der Waals surface area contributed by atoms with Crippen LogP contribution < -0.4 is 5.32 Å². The molecule has 0 spiro atoms. The average Bonchev–Trinajstić information content (AvgIpc) is 2.43. The van der Waals surface area contributed by atoms with Crippen molar-refractivity contribution in [2.24, 2.45) is 0 Å². The molecule has 1 amide bonds. The van der Waals surface area contributed by atoms with Crippen molar-refractivity contribution in [2.45, 2.75) is 51.8 Å². The molecule has 1 saturated heterocycles. The number of hydrogen-bond acceptors (Lipinski definition) is 3. The number of alkyl carbamates (subject to hydrolysis) is 1. The van der Waals surface area contributed by atoms with Crippen molar-refractivity contribution in [3.63, 3.8) is 0 Å². The predicted octanol–water partition coefficient (Wildman–Crippen LogP) is 3.92. The number of likely N-dealkylation sites (tertiary alicyclic amines) is 1. The number of piperidine rings is 1. The normalized spacial score (nSPS) is 17.1. The highest BCUT2D eigenvalue weighted by molar-refractivity contribution is 14.1. The van der Waals surface area contributed by atoms with Crippen molar-refractivity contribution in [3.8, 4) is 0 Å². The number of ether oxygens (including phenoxy) is 1. The summed E-state index contributed by atoms with van der Waals surface area (Å²) < 4.78 is 20.1. The van der Waals surface area contributed by atoms with Crippen molar-refractivity contribution in [1.29, 1.82) is 0 Å². The van der Waals surface area contributed by atoms with E-state index >= 15 is 0 Å². The fraction of sp³-hybridized carbons (Fsp3) is 0.588. The van der Waals surface area contributed by atoms with Crippen molar-refractivity contribution >= 4 is 28.7 Å². The lowest BCUT2D eigenvalue weighted by atomic mass is 10.0. The highest BCUT2D eigenvalue weighted by Crippen LogP contribution is 2.18. The number of carbonyl (C=O) groups excluding carboxylic acids is 1. The van der Waals surface area contributed by atoms with Crippen molar-refractivity contribution in [3.05, 3.63) is 33.1 Å². The molecule has 1 aliphatic heterocycles. The third kappa shape index (κ3) is 6.25. The number of carbonyl (C=O) groups is 1. The molecular formula is C17H24FIN2O2. The van der Waals surface area contributed by atoms with Crippen LogP contribution in [-0.4, -0.2) is 35.7 Å². The number of rotatable bonds is 3. The number of benzene rings is 1. The van der Waals surface area contributed by atoms with E-state index in [2.05, 4.69) is 32.8 Å². The Morgan fingerprint density at radius 3 is 2.65 bits per heavy atom. The molecule has 0 atom stereocenters. The van der Waals surface area contributed by atoms with Crippen LogP contribution in [0.1, 0.15) is 39.2 Å². The standard InChI is InChI=1S/C17H24FIN2O2/c1-17(2,3)23-16(22)20-14-6-8-21(9-7-14)11-12-10-13(19)4-5-15(12)18/h4-5,10,14H,6-9,11H2,1-3H3,(H,20,22). The molecule has 1 aromatic rings. The molecule has 6 heteroatoms. The Morgan fingerprint density at radius 1 is 1.39 bits per heavy atom. The van der Waals surface area contributed by atoms with Gasteiger partial charge in [-0.3, -0.25) is 4.90 Å². The SMILES string of the molecule is CC(C)(C)OC(=O)NC1CCN(Cc2cc(I)ccc2F)CC1. The second-order valence-electron chi connectivity index (χ2n) is 6.93. The molecule has 0 unspecified atom stereocenters. The number of nitrogens with one attached hydrogen (secondary N) is 1. The molecule has 0 aromatic heterocycles. The molecule has 4 nitrogen and oxygen atoms in total. The van der Waals surface area contributed by atoms with Crippen LogP contribution in [0.25, 0.3) is 0 Å². The summed E-state index contributed by atoms with van der Waals surface area (Å²) in [6.45, 7) is 7.85. The molecule has 23 heavy (non-hydrogen) atoms. The Kier molecular flexibility index (Phi) is 6.25. The third-order valence-corrected chi connectivity index (χ3v) is 4.38. The highest BCUT2D eigenvalue weighted by atomic mass is 127. The Balaban J connectivity index is 1.80. The first-order valence-electron chi connectivity index (χ1n) is 7.89. The first-order chi connectivity index (χ1) is 10.7. The van der Waals surface area contributed by atoms with Crippen LogP contribution in [0.3, 0.4) is 0 Å². The van der Waals surface area contributed by atoms with Gasteiger partial charge in [-0.1, -0.05) is 0 Å². The molecule has 1 heterocycles. The fourth-order valence-electron chi connectivity index (χ4n) is 2.62. The van der Waals surface area contributed by atoms with Gasteiger partial charge in [0.25, 0.3) is 0 Å². The topological polar surface area (TPSA) is 41.6 Å². The monoisotopic (exact) mass is 434 g/mol. The van der Waals surface area contributed by atoms with Crippen LogP contribution in [0.4, 0.5) is 9.18 Å². The molecule has 0 bridgehead atoms. The van der Waals surface area contributed by atoms with Crippen LogP contribution in [0.2, 0.25) is 0 Å². The average molecular weight is 434 g/mol. The number of halogens is 2. The van der Waals surface area contributed by atoms with Crippen LogP contribution in [0, 0.1) is 9.39 Å². The molecule has 0 saturated carbocycles. The summed E-state index contributed by atoms with van der Waals surface area (Å²) in [5, 5.41) is 2.92. The predicted molar refractivity (Wildman–Crippen MR) is 96.8 cm³/mol. The fourth-order valence-corrected chi connectivity index (χ4v) is 3.17. The number of nitrogens with zero attached hydrogens (tertiary/aromatic N) is 1. The number of amides is 1. The quantitative estimate of drug-likeness (QED) is 0.734. The Hall–Kier alpha value is -0.890. The Morgan fingerprint density at radius 2 is 2.04 bits per heavy atom. The largest absolute Gasteiger partial charge is 0.444 e. The zero-order valence-electron chi connectivity index (χ0n) is 13.9. The Bertz CT molecular complexity index is 552. The molecule has 1 fully saturated rings. The second-order valence-corrected chi connectivity index (χ2v) is 8.18. The lowest BCUT2D eigenvalue weighted by molar-refractivity contribution is 0.0477. The van der Waals surface area contributed by atoms with Crippen molar-refractivity contribution in [1.82, 2.24) is 10.2 Å². The maximum atomic E-state index is 13.8. The van der Waals surface area contributed by atoms with Gasteiger partial charge in [0.15, 0.2) is 0 Å². The van der Waals surface area contributed by atoms with Gasteiger partial charge in [0, 0.05) is 34.8 Å². The van der Waals surface area contributed by atoms with Crippen molar-refractivity contribution < 1.29 is 13.9 Å². The molecule has 1 aliphatic rings. The summed E-state index contributed by atoms with van der Waals surface area (Å²) in [6, 6.07) is 5.31. The van der Waals surface area contributed by atoms with E-state index in [1.54, 1.807) is 6.07 Å². The maximum absolute atomic E-state index is 13.8. The van der Waals surface area contributed by atoms with Gasteiger partial charge in [0.2, 0.25) is 0 Å². The third-order valence-electron chi connectivity index (χ3n) is 3.71. The maximum Gasteiger partial charge on any atom is 0.407 e. The summed E-state index contributed by atoms with van der Waals surface area (Å²) in [6.07, 6.45) is 1.34. The Labute approximate surface area is 150 Å². The molecule has 0 radical (unpaired) electrons. The van der Waals surface area contributed by atoms with Crippen LogP contribution in [0.15, 0.2) is 18.2 Å². The van der Waals surface area contributed by atoms with E-state index in [0.29, 0.717) is 6.54 Å². The molecule has 1 aromatic carbocycles. The summed E-state index contributed by atoms with van der Waals surface area (Å²) in [4.78, 5) is 14.0. The van der Waals surface area contributed by atoms with Crippen LogP contribution in [0.5, 0.6) is 0 Å². The molecule has 1 N–H and O–H groups in total. The van der Waals surface area contributed by atoms with E-state index < -0.39 is 5.60 Å². The van der Waals surface area contributed by atoms with E-state index in [1.807, 2.05) is 26.8 Å². The first-order valence-corrected chi connectivity index (χ1v) is 8.96. The molecule has 128 valence electrons. The highest BCUT2D eigenvalue weighted by Gasteiger charge is 2.24. The van der Waals surface area contributed by atoms with Gasteiger partial charge in [-0.25, -0.2) is 9.18 Å². The van der Waals surface area contributed by atoms with Gasteiger partial charge in [0.05, 0.1) is 0 Å². The van der Waals surface area contributed by atoms with Gasteiger partial charge >= 0.3 is 6.09 Å². The van der Waals surface area contributed by atoms with Crippen LogP contribution in [-0.2, 0) is 11.3 Å². The lowest BCUT2D eigenvalue weighted by Crippen LogP contribution is -2.45. The smallest absolute Gasteiger partial charge is 0.407 e. The molecule has 2 rings (SSSR count).